The Bertz CT molecular complexity index is 729. The molecule has 3 rings (SSSR count). The highest BCUT2D eigenvalue weighted by atomic mass is 16.6. The van der Waals surface area contributed by atoms with Crippen LogP contribution in [0.4, 0.5) is 5.82 Å². The molecule has 2 aromatic rings. The molecule has 1 aromatic heterocycles. The second-order valence-corrected chi connectivity index (χ2v) is 5.62. The van der Waals surface area contributed by atoms with Crippen LogP contribution in [-0.2, 0) is 0 Å². The molecule has 0 radical (unpaired) electrons. The van der Waals surface area contributed by atoms with Crippen molar-refractivity contribution >= 4 is 5.82 Å². The van der Waals surface area contributed by atoms with Gasteiger partial charge in [0.1, 0.15) is 12.7 Å². The van der Waals surface area contributed by atoms with E-state index in [0.29, 0.717) is 19.0 Å². The van der Waals surface area contributed by atoms with Gasteiger partial charge in [-0.15, -0.1) is 0 Å². The van der Waals surface area contributed by atoms with Crippen molar-refractivity contribution in [1.82, 2.24) is 9.55 Å². The second kappa shape index (κ2) is 6.73. The van der Waals surface area contributed by atoms with Crippen molar-refractivity contribution in [1.29, 1.82) is 0 Å². The number of para-hydroxylation sites is 2. The summed E-state index contributed by atoms with van der Waals surface area (Å²) >= 11 is 0. The highest BCUT2D eigenvalue weighted by molar-refractivity contribution is 5.41. The first-order chi connectivity index (χ1) is 11.2. The summed E-state index contributed by atoms with van der Waals surface area (Å²) in [5.74, 6) is 1.82. The first-order valence-corrected chi connectivity index (χ1v) is 7.88. The number of hydrogen-bond acceptors (Lipinski definition) is 5. The Hall–Kier alpha value is -2.50. The summed E-state index contributed by atoms with van der Waals surface area (Å²) in [6.07, 6.45) is 4.09. The molecule has 122 valence electrons. The van der Waals surface area contributed by atoms with Gasteiger partial charge in [-0.05, 0) is 25.5 Å². The van der Waals surface area contributed by atoms with Crippen LogP contribution in [0.15, 0.2) is 41.5 Å². The minimum atomic E-state index is -0.164. The predicted molar refractivity (Wildman–Crippen MR) is 88.3 cm³/mol. The van der Waals surface area contributed by atoms with Gasteiger partial charge in [0.25, 0.3) is 5.56 Å². The fourth-order valence-electron chi connectivity index (χ4n) is 2.46. The van der Waals surface area contributed by atoms with Crippen LogP contribution in [-0.4, -0.2) is 28.8 Å². The Kier molecular flexibility index (Phi) is 4.50. The number of anilines is 1. The lowest BCUT2D eigenvalue weighted by atomic mass is 10.2. The number of aromatic nitrogens is 2. The summed E-state index contributed by atoms with van der Waals surface area (Å²) in [5, 5.41) is 3.08. The van der Waals surface area contributed by atoms with Gasteiger partial charge < -0.3 is 19.4 Å². The quantitative estimate of drug-likeness (QED) is 0.918. The Morgan fingerprint density at radius 1 is 1.39 bits per heavy atom. The number of nitrogens with one attached hydrogen (secondary N) is 1. The van der Waals surface area contributed by atoms with Crippen LogP contribution in [0.25, 0.3) is 0 Å². The zero-order valence-corrected chi connectivity index (χ0v) is 13.4. The van der Waals surface area contributed by atoms with Gasteiger partial charge >= 0.3 is 0 Å². The smallest absolute Gasteiger partial charge is 0.293 e. The average Bonchev–Trinajstić information content (AvgIpc) is 2.60. The zero-order valence-electron chi connectivity index (χ0n) is 13.4. The van der Waals surface area contributed by atoms with E-state index in [2.05, 4.69) is 17.2 Å². The fourth-order valence-corrected chi connectivity index (χ4v) is 2.46. The summed E-state index contributed by atoms with van der Waals surface area (Å²) in [4.78, 5) is 16.5. The predicted octanol–water partition coefficient (Wildman–Crippen LogP) is 2.47. The molecule has 2 atom stereocenters. The van der Waals surface area contributed by atoms with Gasteiger partial charge in [0.2, 0.25) is 0 Å². The minimum Gasteiger partial charge on any atom is -0.486 e. The molecular formula is C17H21N3O3. The number of nitrogens with zero attached hydrogens (tertiary/aromatic N) is 2. The molecule has 1 N–H and O–H groups in total. The van der Waals surface area contributed by atoms with Gasteiger partial charge in [0.05, 0.1) is 6.54 Å². The number of fused-ring (bicyclic) bond motifs is 1. The third kappa shape index (κ3) is 3.31. The van der Waals surface area contributed by atoms with E-state index in [1.165, 1.54) is 0 Å². The first kappa shape index (κ1) is 15.4. The van der Waals surface area contributed by atoms with Crippen LogP contribution in [0.1, 0.15) is 26.3 Å². The van der Waals surface area contributed by atoms with Crippen molar-refractivity contribution in [3.63, 3.8) is 0 Å². The van der Waals surface area contributed by atoms with E-state index in [-0.39, 0.29) is 17.7 Å². The maximum atomic E-state index is 12.4. The molecule has 0 saturated heterocycles. The van der Waals surface area contributed by atoms with Crippen molar-refractivity contribution in [2.45, 2.75) is 32.4 Å². The van der Waals surface area contributed by atoms with E-state index in [1.54, 1.807) is 17.0 Å². The summed E-state index contributed by atoms with van der Waals surface area (Å²) in [7, 11) is 0. The van der Waals surface area contributed by atoms with Crippen LogP contribution in [0.2, 0.25) is 0 Å². The molecule has 1 aliphatic heterocycles. The minimum absolute atomic E-state index is 0.112. The molecule has 1 aromatic carbocycles. The Balaban J connectivity index is 1.67. The molecule has 2 heterocycles. The Labute approximate surface area is 135 Å². The van der Waals surface area contributed by atoms with Crippen LogP contribution >= 0.6 is 0 Å². The van der Waals surface area contributed by atoms with Gasteiger partial charge in [-0.3, -0.25) is 4.79 Å². The van der Waals surface area contributed by atoms with Crippen molar-refractivity contribution in [2.75, 3.05) is 18.5 Å². The maximum absolute atomic E-state index is 12.4. The molecule has 1 aliphatic rings. The van der Waals surface area contributed by atoms with Gasteiger partial charge in [-0.1, -0.05) is 19.1 Å². The largest absolute Gasteiger partial charge is 0.486 e. The Morgan fingerprint density at radius 2 is 2.17 bits per heavy atom. The summed E-state index contributed by atoms with van der Waals surface area (Å²) in [5.41, 5.74) is -0.112. The third-order valence-electron chi connectivity index (χ3n) is 4.00. The van der Waals surface area contributed by atoms with Crippen molar-refractivity contribution in [2.24, 2.45) is 0 Å². The maximum Gasteiger partial charge on any atom is 0.293 e. The number of benzene rings is 1. The standard InChI is InChI=1S/C17H21N3O3/c1-3-12(2)20-9-8-18-16(17(20)21)19-10-13-11-22-14-6-4-5-7-15(14)23-13/h4-9,12-13H,3,10-11H2,1-2H3,(H,18,19). The van der Waals surface area contributed by atoms with E-state index in [4.69, 9.17) is 9.47 Å². The first-order valence-electron chi connectivity index (χ1n) is 7.88. The SMILES string of the molecule is CCC(C)n1ccnc(NCC2COc3ccccc3O2)c1=O. The van der Waals surface area contributed by atoms with Gasteiger partial charge in [0.15, 0.2) is 17.3 Å². The summed E-state index contributed by atoms with van der Waals surface area (Å²) in [6.45, 7) is 4.97. The molecule has 6 heteroatoms. The third-order valence-corrected chi connectivity index (χ3v) is 4.00. The summed E-state index contributed by atoms with van der Waals surface area (Å²) < 4.78 is 13.2. The van der Waals surface area contributed by atoms with Crippen molar-refractivity contribution in [3.8, 4) is 11.5 Å². The van der Waals surface area contributed by atoms with Crippen LogP contribution < -0.4 is 20.3 Å². The molecule has 0 aliphatic carbocycles. The van der Waals surface area contributed by atoms with E-state index in [1.807, 2.05) is 31.2 Å². The van der Waals surface area contributed by atoms with E-state index >= 15 is 0 Å². The van der Waals surface area contributed by atoms with Gasteiger partial charge in [0, 0.05) is 18.4 Å². The Morgan fingerprint density at radius 3 is 2.96 bits per heavy atom. The molecule has 0 bridgehead atoms. The van der Waals surface area contributed by atoms with Crippen LogP contribution in [0.3, 0.4) is 0 Å². The number of rotatable bonds is 5. The topological polar surface area (TPSA) is 65.4 Å². The normalized spacial score (nSPS) is 17.6. The summed E-state index contributed by atoms with van der Waals surface area (Å²) in [6, 6.07) is 7.71. The lowest BCUT2D eigenvalue weighted by Crippen LogP contribution is -2.37. The lowest BCUT2D eigenvalue weighted by Gasteiger charge is -2.26. The van der Waals surface area contributed by atoms with Gasteiger partial charge in [-0.25, -0.2) is 4.98 Å². The molecular weight excluding hydrogens is 294 g/mol. The number of ether oxygens (including phenoxy) is 2. The molecule has 23 heavy (non-hydrogen) atoms. The molecule has 0 amide bonds. The van der Waals surface area contributed by atoms with Gasteiger partial charge in [-0.2, -0.15) is 0 Å². The van der Waals surface area contributed by atoms with E-state index in [9.17, 15) is 4.79 Å². The molecule has 2 unspecified atom stereocenters. The second-order valence-electron chi connectivity index (χ2n) is 5.62. The monoisotopic (exact) mass is 315 g/mol. The number of hydrogen-bond donors (Lipinski definition) is 1. The molecule has 0 saturated carbocycles. The average molecular weight is 315 g/mol. The van der Waals surface area contributed by atoms with Crippen molar-refractivity contribution in [3.05, 3.63) is 47.0 Å². The fraction of sp³-hybridized carbons (Fsp3) is 0.412. The molecule has 6 nitrogen and oxygen atoms in total. The van der Waals surface area contributed by atoms with E-state index in [0.717, 1.165) is 17.9 Å². The van der Waals surface area contributed by atoms with Crippen LogP contribution in [0, 0.1) is 0 Å². The highest BCUT2D eigenvalue weighted by Crippen LogP contribution is 2.30. The molecule has 0 spiro atoms. The van der Waals surface area contributed by atoms with E-state index < -0.39 is 0 Å². The van der Waals surface area contributed by atoms with Crippen molar-refractivity contribution < 1.29 is 9.47 Å². The lowest BCUT2D eigenvalue weighted by molar-refractivity contribution is 0.0997. The highest BCUT2D eigenvalue weighted by Gasteiger charge is 2.21. The zero-order chi connectivity index (χ0) is 16.2. The van der Waals surface area contributed by atoms with Crippen LogP contribution in [0.5, 0.6) is 11.5 Å². The molecule has 0 fully saturated rings.